The topological polar surface area (TPSA) is 30.5 Å². The summed E-state index contributed by atoms with van der Waals surface area (Å²) in [6.45, 7) is 13.1. The first-order valence-corrected chi connectivity index (χ1v) is 9.07. The Morgan fingerprint density at radius 1 is 1.10 bits per heavy atom. The van der Waals surface area contributed by atoms with Gasteiger partial charge in [-0.15, -0.1) is 0 Å². The normalized spacial score (nSPS) is 40.3. The molecule has 0 aromatic rings. The van der Waals surface area contributed by atoms with E-state index in [-0.39, 0.29) is 6.10 Å². The van der Waals surface area contributed by atoms with Crippen LogP contribution < -0.4 is 5.32 Å². The van der Waals surface area contributed by atoms with Gasteiger partial charge in [0.1, 0.15) is 0 Å². The third-order valence-electron chi connectivity index (χ3n) is 5.39. The largest absolute Gasteiger partial charge is 0.374 e. The molecule has 2 saturated carbocycles. The molecule has 0 aromatic carbocycles. The highest BCUT2D eigenvalue weighted by molar-refractivity contribution is 4.98. The fourth-order valence-corrected chi connectivity index (χ4v) is 4.09. The lowest BCUT2D eigenvalue weighted by molar-refractivity contribution is -0.186. The molecule has 0 bridgehead atoms. The first-order valence-electron chi connectivity index (χ1n) is 9.07. The van der Waals surface area contributed by atoms with E-state index < -0.39 is 0 Å². The molecule has 3 heteroatoms. The zero-order valence-corrected chi connectivity index (χ0v) is 14.6. The second-order valence-corrected chi connectivity index (χ2v) is 7.36. The van der Waals surface area contributed by atoms with E-state index in [1.807, 2.05) is 0 Å². The minimum absolute atomic E-state index is 0.250. The monoisotopic (exact) mass is 297 g/mol. The van der Waals surface area contributed by atoms with Crippen LogP contribution in [0.1, 0.15) is 60.3 Å². The van der Waals surface area contributed by atoms with E-state index in [0.29, 0.717) is 18.2 Å². The maximum atomic E-state index is 6.55. The maximum absolute atomic E-state index is 6.55. The lowest BCUT2D eigenvalue weighted by Gasteiger charge is -2.48. The van der Waals surface area contributed by atoms with Crippen molar-refractivity contribution in [3.05, 3.63) is 0 Å². The van der Waals surface area contributed by atoms with Crippen LogP contribution in [0.25, 0.3) is 0 Å². The number of rotatable bonds is 7. The number of likely N-dealkylation sites (N-methyl/N-ethyl adjacent to an activating group) is 1. The maximum Gasteiger partial charge on any atom is 0.0990 e. The minimum atomic E-state index is 0.250. The molecule has 2 rings (SSSR count). The third-order valence-corrected chi connectivity index (χ3v) is 5.39. The van der Waals surface area contributed by atoms with Crippen LogP contribution in [0, 0.1) is 17.8 Å². The highest BCUT2D eigenvalue weighted by Crippen LogP contribution is 2.38. The number of nitrogens with one attached hydrogen (secondary N) is 1. The first kappa shape index (κ1) is 17.2. The summed E-state index contributed by atoms with van der Waals surface area (Å²) in [5.74, 6) is 2.25. The van der Waals surface area contributed by atoms with Crippen molar-refractivity contribution in [1.82, 2.24) is 5.32 Å². The fraction of sp³-hybridized carbons (Fsp3) is 1.00. The molecule has 0 aliphatic heterocycles. The van der Waals surface area contributed by atoms with E-state index in [2.05, 4.69) is 39.9 Å². The number of hydrogen-bond donors (Lipinski definition) is 1. The van der Waals surface area contributed by atoms with Crippen LogP contribution >= 0.6 is 0 Å². The summed E-state index contributed by atoms with van der Waals surface area (Å²) in [6, 6.07) is 0.485. The van der Waals surface area contributed by atoms with Crippen molar-refractivity contribution in [2.75, 3.05) is 13.2 Å². The van der Waals surface area contributed by atoms with Gasteiger partial charge in [0.15, 0.2) is 0 Å². The molecule has 0 heterocycles. The Hall–Kier alpha value is -0.120. The average Bonchev–Trinajstić information content (AvgIpc) is 2.43. The Kier molecular flexibility index (Phi) is 6.51. The van der Waals surface area contributed by atoms with Gasteiger partial charge < -0.3 is 14.8 Å². The molecule has 2 aliphatic carbocycles. The summed E-state index contributed by atoms with van der Waals surface area (Å²) in [6.07, 6.45) is 6.00. The van der Waals surface area contributed by atoms with Crippen LogP contribution in [0.2, 0.25) is 0 Å². The van der Waals surface area contributed by atoms with Crippen molar-refractivity contribution in [3.8, 4) is 0 Å². The second kappa shape index (κ2) is 7.94. The van der Waals surface area contributed by atoms with Crippen LogP contribution in [-0.4, -0.2) is 37.5 Å². The van der Waals surface area contributed by atoms with Crippen molar-refractivity contribution < 1.29 is 9.47 Å². The van der Waals surface area contributed by atoms with Gasteiger partial charge >= 0.3 is 0 Å². The highest BCUT2D eigenvalue weighted by Gasteiger charge is 2.45. The van der Waals surface area contributed by atoms with Gasteiger partial charge in [-0.2, -0.15) is 0 Å². The van der Waals surface area contributed by atoms with Gasteiger partial charge in [0.05, 0.1) is 18.3 Å². The highest BCUT2D eigenvalue weighted by atomic mass is 16.6. The zero-order valence-electron chi connectivity index (χ0n) is 14.6. The van der Waals surface area contributed by atoms with Gasteiger partial charge in [-0.05, 0) is 50.5 Å². The molecule has 21 heavy (non-hydrogen) atoms. The minimum Gasteiger partial charge on any atom is -0.374 e. The quantitative estimate of drug-likeness (QED) is 0.778. The van der Waals surface area contributed by atoms with Crippen LogP contribution in [0.15, 0.2) is 0 Å². The zero-order chi connectivity index (χ0) is 15.4. The van der Waals surface area contributed by atoms with Gasteiger partial charge in [0.2, 0.25) is 0 Å². The van der Waals surface area contributed by atoms with Gasteiger partial charge in [-0.3, -0.25) is 0 Å². The molecule has 0 radical (unpaired) electrons. The number of ether oxygens (including phenoxy) is 2. The third kappa shape index (κ3) is 4.20. The summed E-state index contributed by atoms with van der Waals surface area (Å²) in [5, 5.41) is 3.52. The summed E-state index contributed by atoms with van der Waals surface area (Å²) in [5.41, 5.74) is 0. The van der Waals surface area contributed by atoms with E-state index >= 15 is 0 Å². The summed E-state index contributed by atoms with van der Waals surface area (Å²) in [4.78, 5) is 0. The fourth-order valence-electron chi connectivity index (χ4n) is 4.09. The van der Waals surface area contributed by atoms with Crippen LogP contribution in [0.5, 0.6) is 0 Å². The van der Waals surface area contributed by atoms with Crippen molar-refractivity contribution in [2.45, 2.75) is 84.7 Å². The smallest absolute Gasteiger partial charge is 0.0990 e. The number of hydrogen-bond acceptors (Lipinski definition) is 3. The molecular weight excluding hydrogens is 262 g/mol. The molecule has 3 nitrogen and oxygen atoms in total. The van der Waals surface area contributed by atoms with Gasteiger partial charge in [0.25, 0.3) is 0 Å². The Morgan fingerprint density at radius 2 is 1.86 bits per heavy atom. The van der Waals surface area contributed by atoms with Crippen molar-refractivity contribution in [1.29, 1.82) is 0 Å². The van der Waals surface area contributed by atoms with Crippen molar-refractivity contribution in [3.63, 3.8) is 0 Å². The van der Waals surface area contributed by atoms with E-state index in [9.17, 15) is 0 Å². The van der Waals surface area contributed by atoms with Gasteiger partial charge in [0, 0.05) is 12.6 Å². The van der Waals surface area contributed by atoms with Crippen LogP contribution in [-0.2, 0) is 9.47 Å². The Morgan fingerprint density at radius 3 is 2.48 bits per heavy atom. The van der Waals surface area contributed by atoms with Gasteiger partial charge in [-0.25, -0.2) is 0 Å². The van der Waals surface area contributed by atoms with Crippen molar-refractivity contribution in [2.24, 2.45) is 17.8 Å². The molecule has 0 aromatic heterocycles. The summed E-state index contributed by atoms with van der Waals surface area (Å²) >= 11 is 0. The second-order valence-electron chi connectivity index (χ2n) is 7.36. The Labute approximate surface area is 131 Å². The van der Waals surface area contributed by atoms with E-state index in [4.69, 9.17) is 9.47 Å². The van der Waals surface area contributed by atoms with E-state index in [1.165, 1.54) is 19.3 Å². The molecule has 124 valence electrons. The summed E-state index contributed by atoms with van der Waals surface area (Å²) < 4.78 is 12.5. The molecule has 0 spiro atoms. The van der Waals surface area contributed by atoms with Crippen LogP contribution in [0.4, 0.5) is 0 Å². The SMILES string of the molecule is CCNC1CC(OC2CC(C)CCC2C(C)C)C1OCC. The predicted octanol–water partition coefficient (Wildman–Crippen LogP) is 3.62. The Balaban J connectivity index is 1.92. The molecule has 1 N–H and O–H groups in total. The molecule has 6 unspecified atom stereocenters. The Bertz CT molecular complexity index is 308. The molecule has 0 amide bonds. The first-order chi connectivity index (χ1) is 10.1. The average molecular weight is 297 g/mol. The van der Waals surface area contributed by atoms with E-state index in [1.54, 1.807) is 0 Å². The van der Waals surface area contributed by atoms with Crippen molar-refractivity contribution >= 4 is 0 Å². The predicted molar refractivity (Wildman–Crippen MR) is 87.5 cm³/mol. The summed E-state index contributed by atoms with van der Waals surface area (Å²) in [7, 11) is 0. The molecule has 0 saturated heterocycles. The van der Waals surface area contributed by atoms with Crippen LogP contribution in [0.3, 0.4) is 0 Å². The van der Waals surface area contributed by atoms with E-state index in [0.717, 1.165) is 37.3 Å². The van der Waals surface area contributed by atoms with Gasteiger partial charge in [-0.1, -0.05) is 34.1 Å². The lowest BCUT2D eigenvalue weighted by atomic mass is 9.75. The lowest BCUT2D eigenvalue weighted by Crippen LogP contribution is -2.61. The standard InChI is InChI=1S/C18H35NO2/c1-6-19-15-11-17(18(15)20-7-2)21-16-10-13(5)8-9-14(16)12(3)4/h12-19H,6-11H2,1-5H3. The molecule has 6 atom stereocenters. The molecule has 2 aliphatic rings. The molecule has 2 fully saturated rings. The molecular formula is C18H35NO2.